The molecule has 3 aromatic rings. The van der Waals surface area contributed by atoms with Gasteiger partial charge in [0.25, 0.3) is 0 Å². The van der Waals surface area contributed by atoms with Crippen LogP contribution in [-0.2, 0) is 12.7 Å². The molecule has 0 atom stereocenters. The number of alkyl halides is 3. The van der Waals surface area contributed by atoms with Gasteiger partial charge in [-0.05, 0) is 62.2 Å². The third-order valence-corrected chi connectivity index (χ3v) is 5.66. The second-order valence-electron chi connectivity index (χ2n) is 7.80. The van der Waals surface area contributed by atoms with Crippen molar-refractivity contribution in [1.82, 2.24) is 14.5 Å². The lowest BCUT2D eigenvalue weighted by Crippen LogP contribution is -2.38. The molecule has 4 nitrogen and oxygen atoms in total. The number of carbonyl (C=O) groups is 1. The average molecular weight is 437 g/mol. The Hall–Kier alpha value is -2.81. The fourth-order valence-electron chi connectivity index (χ4n) is 4.03. The standard InChI is InChI=1S/C22H20F5N3O/c23-16-6-5-15(11-17(16)24)20(31)13-29-9-7-14(8-10-29)12-30-19-4-2-1-3-18(19)28-21(30)22(25,26)27/h1-6,11,14H,7-10,12-13H2. The smallest absolute Gasteiger partial charge is 0.320 e. The maximum Gasteiger partial charge on any atom is 0.449 e. The Balaban J connectivity index is 1.41. The van der Waals surface area contributed by atoms with Gasteiger partial charge in [0.2, 0.25) is 5.82 Å². The van der Waals surface area contributed by atoms with Gasteiger partial charge in [-0.1, -0.05) is 12.1 Å². The van der Waals surface area contributed by atoms with E-state index in [9.17, 15) is 26.7 Å². The maximum atomic E-state index is 13.5. The summed E-state index contributed by atoms with van der Waals surface area (Å²) in [7, 11) is 0. The fraction of sp³-hybridized carbons (Fsp3) is 0.364. The number of imidazole rings is 1. The molecule has 0 spiro atoms. The second kappa shape index (κ2) is 8.37. The van der Waals surface area contributed by atoms with E-state index in [0.717, 1.165) is 12.1 Å². The molecule has 2 heterocycles. The molecule has 1 saturated heterocycles. The van der Waals surface area contributed by atoms with E-state index in [1.165, 1.54) is 10.6 Å². The molecule has 0 unspecified atom stereocenters. The highest BCUT2D eigenvalue weighted by Crippen LogP contribution is 2.33. The quantitative estimate of drug-likeness (QED) is 0.420. The Kier molecular flexibility index (Phi) is 5.79. The summed E-state index contributed by atoms with van der Waals surface area (Å²) in [6, 6.07) is 9.59. The molecule has 4 rings (SSSR count). The Labute approximate surface area is 175 Å². The number of ketones is 1. The number of benzene rings is 2. The first-order chi connectivity index (χ1) is 14.7. The van der Waals surface area contributed by atoms with E-state index in [-0.39, 0.29) is 30.4 Å². The molecule has 31 heavy (non-hydrogen) atoms. The van der Waals surface area contributed by atoms with Crippen molar-refractivity contribution in [2.45, 2.75) is 25.6 Å². The summed E-state index contributed by atoms with van der Waals surface area (Å²) in [4.78, 5) is 18.0. The number of nitrogens with zero attached hydrogens (tertiary/aromatic N) is 3. The van der Waals surface area contributed by atoms with Crippen molar-refractivity contribution >= 4 is 16.8 Å². The van der Waals surface area contributed by atoms with Crippen LogP contribution < -0.4 is 0 Å². The number of hydrogen-bond acceptors (Lipinski definition) is 3. The molecule has 0 amide bonds. The third-order valence-electron chi connectivity index (χ3n) is 5.66. The molecule has 9 heteroatoms. The molecule has 0 saturated carbocycles. The van der Waals surface area contributed by atoms with Crippen molar-refractivity contribution in [3.8, 4) is 0 Å². The van der Waals surface area contributed by atoms with Gasteiger partial charge in [0, 0.05) is 12.1 Å². The van der Waals surface area contributed by atoms with E-state index in [1.807, 2.05) is 4.90 Å². The highest BCUT2D eigenvalue weighted by atomic mass is 19.4. The van der Waals surface area contributed by atoms with Crippen molar-refractivity contribution in [1.29, 1.82) is 0 Å². The van der Waals surface area contributed by atoms with E-state index < -0.39 is 23.6 Å². The molecular formula is C22H20F5N3O. The van der Waals surface area contributed by atoms with Crippen molar-refractivity contribution in [2.24, 2.45) is 5.92 Å². The minimum Gasteiger partial charge on any atom is -0.320 e. The number of carbonyl (C=O) groups excluding carboxylic acids is 1. The van der Waals surface area contributed by atoms with E-state index >= 15 is 0 Å². The number of hydrogen-bond donors (Lipinski definition) is 0. The van der Waals surface area contributed by atoms with Crippen LogP contribution in [0, 0.1) is 17.6 Å². The van der Waals surface area contributed by atoms with E-state index in [0.29, 0.717) is 37.0 Å². The predicted molar refractivity (Wildman–Crippen MR) is 105 cm³/mol. The number of piperidine rings is 1. The number of para-hydroxylation sites is 2. The SMILES string of the molecule is O=C(CN1CCC(Cn2c(C(F)(F)F)nc3ccccc32)CC1)c1ccc(F)c(F)c1. The first kappa shape index (κ1) is 21.4. The molecule has 1 fully saturated rings. The van der Waals surface area contributed by atoms with E-state index in [4.69, 9.17) is 0 Å². The Morgan fingerprint density at radius 2 is 1.74 bits per heavy atom. The van der Waals surface area contributed by atoms with Gasteiger partial charge in [-0.25, -0.2) is 13.8 Å². The third kappa shape index (κ3) is 4.61. The van der Waals surface area contributed by atoms with Crippen molar-refractivity contribution in [2.75, 3.05) is 19.6 Å². The van der Waals surface area contributed by atoms with Crippen LogP contribution >= 0.6 is 0 Å². The number of halogens is 5. The number of aromatic nitrogens is 2. The molecule has 0 bridgehead atoms. The Morgan fingerprint density at radius 1 is 1.03 bits per heavy atom. The maximum absolute atomic E-state index is 13.5. The zero-order valence-corrected chi connectivity index (χ0v) is 16.5. The summed E-state index contributed by atoms with van der Waals surface area (Å²) < 4.78 is 68.1. The number of Topliss-reactive ketones (excluding diaryl/α,β-unsaturated/α-hetero) is 1. The average Bonchev–Trinajstić information content (AvgIpc) is 3.10. The monoisotopic (exact) mass is 437 g/mol. The summed E-state index contributed by atoms with van der Waals surface area (Å²) in [5.74, 6) is -3.30. The normalized spacial score (nSPS) is 16.2. The van der Waals surface area contributed by atoms with Gasteiger partial charge in [-0.15, -0.1) is 0 Å². The van der Waals surface area contributed by atoms with Crippen LogP contribution in [0.25, 0.3) is 11.0 Å². The van der Waals surface area contributed by atoms with Crippen LogP contribution in [0.1, 0.15) is 29.0 Å². The van der Waals surface area contributed by atoms with Gasteiger partial charge in [0.1, 0.15) is 0 Å². The molecule has 2 aromatic carbocycles. The zero-order valence-electron chi connectivity index (χ0n) is 16.5. The zero-order chi connectivity index (χ0) is 22.2. The molecule has 1 aliphatic rings. The molecule has 0 N–H and O–H groups in total. The molecule has 0 aliphatic carbocycles. The summed E-state index contributed by atoms with van der Waals surface area (Å²) in [5.41, 5.74) is 0.857. The minimum atomic E-state index is -4.55. The van der Waals surface area contributed by atoms with Crippen LogP contribution in [0.4, 0.5) is 22.0 Å². The summed E-state index contributed by atoms with van der Waals surface area (Å²) in [6.07, 6.45) is -3.31. The van der Waals surface area contributed by atoms with Gasteiger partial charge in [-0.3, -0.25) is 9.69 Å². The Bertz CT molecular complexity index is 1100. The topological polar surface area (TPSA) is 38.1 Å². The van der Waals surface area contributed by atoms with Crippen molar-refractivity contribution in [3.05, 3.63) is 65.5 Å². The molecule has 164 valence electrons. The van der Waals surface area contributed by atoms with Gasteiger partial charge in [0.15, 0.2) is 17.4 Å². The predicted octanol–water partition coefficient (Wildman–Crippen LogP) is 4.93. The highest BCUT2D eigenvalue weighted by molar-refractivity contribution is 5.97. The molecule has 1 aromatic heterocycles. The van der Waals surface area contributed by atoms with Crippen LogP contribution in [0.15, 0.2) is 42.5 Å². The summed E-state index contributed by atoms with van der Waals surface area (Å²) in [5, 5.41) is 0. The second-order valence-corrected chi connectivity index (χ2v) is 7.80. The number of rotatable bonds is 5. The van der Waals surface area contributed by atoms with E-state index in [1.54, 1.807) is 24.3 Å². The van der Waals surface area contributed by atoms with Crippen LogP contribution in [0.5, 0.6) is 0 Å². The first-order valence-electron chi connectivity index (χ1n) is 9.95. The molecular weight excluding hydrogens is 417 g/mol. The van der Waals surface area contributed by atoms with Crippen molar-refractivity contribution < 1.29 is 26.7 Å². The summed E-state index contributed by atoms with van der Waals surface area (Å²) >= 11 is 0. The lowest BCUT2D eigenvalue weighted by molar-refractivity contribution is -0.147. The van der Waals surface area contributed by atoms with Gasteiger partial charge >= 0.3 is 6.18 Å². The molecule has 0 radical (unpaired) electrons. The van der Waals surface area contributed by atoms with E-state index in [2.05, 4.69) is 4.98 Å². The first-order valence-corrected chi connectivity index (χ1v) is 9.95. The van der Waals surface area contributed by atoms with Crippen LogP contribution in [-0.4, -0.2) is 39.9 Å². The van der Waals surface area contributed by atoms with Crippen molar-refractivity contribution in [3.63, 3.8) is 0 Å². The lowest BCUT2D eigenvalue weighted by Gasteiger charge is -2.32. The van der Waals surface area contributed by atoms with Gasteiger partial charge in [0.05, 0.1) is 17.6 Å². The number of likely N-dealkylation sites (tertiary alicyclic amines) is 1. The largest absolute Gasteiger partial charge is 0.449 e. The lowest BCUT2D eigenvalue weighted by atomic mass is 9.96. The number of fused-ring (bicyclic) bond motifs is 1. The summed E-state index contributed by atoms with van der Waals surface area (Å²) in [6.45, 7) is 1.32. The van der Waals surface area contributed by atoms with Crippen LogP contribution in [0.3, 0.4) is 0 Å². The Morgan fingerprint density at radius 3 is 2.42 bits per heavy atom. The fourth-order valence-corrected chi connectivity index (χ4v) is 4.03. The van der Waals surface area contributed by atoms with Crippen LogP contribution in [0.2, 0.25) is 0 Å². The highest BCUT2D eigenvalue weighted by Gasteiger charge is 2.38. The minimum absolute atomic E-state index is 0.00771. The molecule has 1 aliphatic heterocycles. The van der Waals surface area contributed by atoms with Gasteiger partial charge in [-0.2, -0.15) is 13.2 Å². The van der Waals surface area contributed by atoms with Gasteiger partial charge < -0.3 is 4.57 Å².